The molecule has 0 spiro atoms. The van der Waals surface area contributed by atoms with Gasteiger partial charge in [-0.1, -0.05) is 18.2 Å². The third-order valence-electron chi connectivity index (χ3n) is 4.92. The van der Waals surface area contributed by atoms with Gasteiger partial charge in [0.05, 0.1) is 0 Å². The Morgan fingerprint density at radius 2 is 2.19 bits per heavy atom. The fourth-order valence-corrected chi connectivity index (χ4v) is 4.75. The van der Waals surface area contributed by atoms with E-state index < -0.39 is 0 Å². The molecule has 1 N–H and O–H groups in total. The number of nitrogens with zero attached hydrogens (tertiary/aromatic N) is 1. The maximum Gasteiger partial charge on any atom is 0.223 e. The molecule has 4 heteroatoms. The molecular weight excluding hydrogens is 280 g/mol. The van der Waals surface area contributed by atoms with Gasteiger partial charge in [-0.25, -0.2) is 0 Å². The molecule has 2 saturated heterocycles. The zero-order chi connectivity index (χ0) is 14.2. The molecule has 2 aliphatic heterocycles. The number of hydrogen-bond acceptors (Lipinski definition) is 3. The van der Waals surface area contributed by atoms with E-state index >= 15 is 0 Å². The first-order valence-corrected chi connectivity index (χ1v) is 8.66. The summed E-state index contributed by atoms with van der Waals surface area (Å²) in [5, 5.41) is 7.01. The van der Waals surface area contributed by atoms with Crippen LogP contribution in [0.4, 0.5) is 0 Å². The lowest BCUT2D eigenvalue weighted by Crippen LogP contribution is -2.54. The standard InChI is InChI=1S/C17H20N2OS/c20-17-6-5-12-9-18-8-7-15(12)19(17)10-13-11-21-16-4-2-1-3-14(13)16/h1-4,11-12,15,18H,5-10H2. The van der Waals surface area contributed by atoms with Crippen LogP contribution in [0.15, 0.2) is 29.6 Å². The Hall–Kier alpha value is -1.39. The van der Waals surface area contributed by atoms with E-state index in [1.807, 2.05) is 0 Å². The Kier molecular flexibility index (Phi) is 3.43. The molecule has 2 atom stereocenters. The van der Waals surface area contributed by atoms with Gasteiger partial charge in [0.1, 0.15) is 0 Å². The molecule has 110 valence electrons. The van der Waals surface area contributed by atoms with Crippen molar-refractivity contribution in [1.29, 1.82) is 0 Å². The van der Waals surface area contributed by atoms with Crippen LogP contribution in [-0.2, 0) is 11.3 Å². The predicted molar refractivity (Wildman–Crippen MR) is 86.4 cm³/mol. The van der Waals surface area contributed by atoms with E-state index in [0.29, 0.717) is 24.3 Å². The number of carbonyl (C=O) groups is 1. The van der Waals surface area contributed by atoms with Crippen LogP contribution in [0, 0.1) is 5.92 Å². The first-order valence-electron chi connectivity index (χ1n) is 7.78. The van der Waals surface area contributed by atoms with Crippen molar-refractivity contribution < 1.29 is 4.79 Å². The van der Waals surface area contributed by atoms with Gasteiger partial charge in [0.2, 0.25) is 5.91 Å². The van der Waals surface area contributed by atoms with Crippen LogP contribution in [0.3, 0.4) is 0 Å². The second kappa shape index (κ2) is 5.43. The van der Waals surface area contributed by atoms with E-state index in [1.54, 1.807) is 11.3 Å². The van der Waals surface area contributed by atoms with E-state index in [9.17, 15) is 4.79 Å². The lowest BCUT2D eigenvalue weighted by atomic mass is 9.84. The normalized spacial score (nSPS) is 26.1. The molecule has 2 unspecified atom stereocenters. The zero-order valence-corrected chi connectivity index (χ0v) is 12.9. The van der Waals surface area contributed by atoms with E-state index in [0.717, 1.165) is 32.5 Å². The van der Waals surface area contributed by atoms with Crippen molar-refractivity contribution in [2.75, 3.05) is 13.1 Å². The van der Waals surface area contributed by atoms with Crippen molar-refractivity contribution in [2.24, 2.45) is 5.92 Å². The lowest BCUT2D eigenvalue weighted by Gasteiger charge is -2.44. The smallest absolute Gasteiger partial charge is 0.223 e. The largest absolute Gasteiger partial charge is 0.335 e. The van der Waals surface area contributed by atoms with Crippen LogP contribution >= 0.6 is 11.3 Å². The second-order valence-corrected chi connectivity index (χ2v) is 7.05. The Balaban J connectivity index is 1.63. The molecule has 0 bridgehead atoms. The van der Waals surface area contributed by atoms with Gasteiger partial charge >= 0.3 is 0 Å². The van der Waals surface area contributed by atoms with Gasteiger partial charge in [-0.3, -0.25) is 4.79 Å². The summed E-state index contributed by atoms with van der Waals surface area (Å²) in [7, 11) is 0. The van der Waals surface area contributed by atoms with Crippen molar-refractivity contribution in [1.82, 2.24) is 10.2 Å². The first-order chi connectivity index (χ1) is 10.3. The molecule has 2 fully saturated rings. The number of amides is 1. The molecule has 4 rings (SSSR count). The molecule has 3 nitrogen and oxygen atoms in total. The summed E-state index contributed by atoms with van der Waals surface area (Å²) in [6.45, 7) is 2.89. The molecule has 3 heterocycles. The highest BCUT2D eigenvalue weighted by atomic mass is 32.1. The van der Waals surface area contributed by atoms with Gasteiger partial charge < -0.3 is 10.2 Å². The Morgan fingerprint density at radius 1 is 1.29 bits per heavy atom. The summed E-state index contributed by atoms with van der Waals surface area (Å²) in [6.07, 6.45) is 2.86. The summed E-state index contributed by atoms with van der Waals surface area (Å²) < 4.78 is 1.32. The zero-order valence-electron chi connectivity index (χ0n) is 12.0. The average Bonchev–Trinajstić information content (AvgIpc) is 2.93. The van der Waals surface area contributed by atoms with E-state index in [1.165, 1.54) is 15.6 Å². The van der Waals surface area contributed by atoms with Crippen LogP contribution in [0.2, 0.25) is 0 Å². The van der Waals surface area contributed by atoms with E-state index in [2.05, 4.69) is 39.9 Å². The third-order valence-corrected chi connectivity index (χ3v) is 5.93. The molecule has 0 radical (unpaired) electrons. The summed E-state index contributed by atoms with van der Waals surface area (Å²) in [6, 6.07) is 8.94. The number of rotatable bonds is 2. The topological polar surface area (TPSA) is 32.3 Å². The minimum absolute atomic E-state index is 0.341. The molecule has 2 aromatic rings. The van der Waals surface area contributed by atoms with Crippen molar-refractivity contribution in [3.05, 3.63) is 35.2 Å². The quantitative estimate of drug-likeness (QED) is 0.924. The number of fused-ring (bicyclic) bond motifs is 2. The summed E-state index contributed by atoms with van der Waals surface area (Å²) >= 11 is 1.78. The number of hydrogen-bond donors (Lipinski definition) is 1. The highest BCUT2D eigenvalue weighted by Gasteiger charge is 2.37. The number of piperidine rings is 2. The Bertz CT molecular complexity index is 666. The molecular formula is C17H20N2OS. The van der Waals surface area contributed by atoms with E-state index in [-0.39, 0.29) is 0 Å². The highest BCUT2D eigenvalue weighted by Crippen LogP contribution is 2.32. The number of carbonyl (C=O) groups excluding carboxylic acids is 1. The maximum absolute atomic E-state index is 12.4. The van der Waals surface area contributed by atoms with E-state index in [4.69, 9.17) is 0 Å². The minimum Gasteiger partial charge on any atom is -0.335 e. The Morgan fingerprint density at radius 3 is 3.14 bits per heavy atom. The second-order valence-electron chi connectivity index (χ2n) is 6.14. The monoisotopic (exact) mass is 300 g/mol. The molecule has 1 aromatic heterocycles. The average molecular weight is 300 g/mol. The van der Waals surface area contributed by atoms with Crippen molar-refractivity contribution >= 4 is 27.3 Å². The van der Waals surface area contributed by atoms with Gasteiger partial charge in [-0.05, 0) is 54.2 Å². The van der Waals surface area contributed by atoms with Crippen LogP contribution < -0.4 is 5.32 Å². The minimum atomic E-state index is 0.341. The van der Waals surface area contributed by atoms with Gasteiger partial charge in [0.15, 0.2) is 0 Å². The first kappa shape index (κ1) is 13.3. The fraction of sp³-hybridized carbons (Fsp3) is 0.471. The fourth-order valence-electron chi connectivity index (χ4n) is 3.80. The number of nitrogens with one attached hydrogen (secondary N) is 1. The van der Waals surface area contributed by atoms with Crippen molar-refractivity contribution in [3.8, 4) is 0 Å². The summed E-state index contributed by atoms with van der Waals surface area (Å²) in [4.78, 5) is 14.6. The van der Waals surface area contributed by atoms with Gasteiger partial charge in [-0.2, -0.15) is 0 Å². The van der Waals surface area contributed by atoms with Gasteiger partial charge in [0, 0.05) is 23.7 Å². The Labute approximate surface area is 128 Å². The van der Waals surface area contributed by atoms with Crippen molar-refractivity contribution in [3.63, 3.8) is 0 Å². The molecule has 2 aliphatic rings. The summed E-state index contributed by atoms with van der Waals surface area (Å²) in [5.41, 5.74) is 1.31. The molecule has 1 amide bonds. The predicted octanol–water partition coefficient (Wildman–Crippen LogP) is 3.00. The van der Waals surface area contributed by atoms with Crippen LogP contribution in [-0.4, -0.2) is 29.9 Å². The third kappa shape index (κ3) is 2.36. The number of thiophene rings is 1. The summed E-state index contributed by atoms with van der Waals surface area (Å²) in [5.74, 6) is 0.981. The number of likely N-dealkylation sites (tertiary alicyclic amines) is 1. The van der Waals surface area contributed by atoms with Gasteiger partial charge in [-0.15, -0.1) is 11.3 Å². The number of benzene rings is 1. The van der Waals surface area contributed by atoms with Crippen LogP contribution in [0.5, 0.6) is 0 Å². The van der Waals surface area contributed by atoms with Crippen molar-refractivity contribution in [2.45, 2.75) is 31.8 Å². The van der Waals surface area contributed by atoms with Crippen LogP contribution in [0.25, 0.3) is 10.1 Å². The molecule has 1 aromatic carbocycles. The molecule has 0 aliphatic carbocycles. The lowest BCUT2D eigenvalue weighted by molar-refractivity contribution is -0.140. The maximum atomic E-state index is 12.4. The highest BCUT2D eigenvalue weighted by molar-refractivity contribution is 7.17. The van der Waals surface area contributed by atoms with Gasteiger partial charge in [0.25, 0.3) is 0 Å². The molecule has 21 heavy (non-hydrogen) atoms. The molecule has 0 saturated carbocycles. The van der Waals surface area contributed by atoms with Crippen LogP contribution in [0.1, 0.15) is 24.8 Å². The SMILES string of the molecule is O=C1CCC2CNCCC2N1Cc1csc2ccccc12.